The number of aromatic nitrogens is 1. The van der Waals surface area contributed by atoms with Crippen LogP contribution in [0.15, 0.2) is 72.9 Å². The van der Waals surface area contributed by atoms with Crippen LogP contribution in [0, 0.1) is 29.0 Å². The van der Waals surface area contributed by atoms with Gasteiger partial charge in [-0.1, -0.05) is 48.0 Å². The molecular weight excluding hydrogens is 448 g/mol. The number of carbonyl (C=O) groups excluding carboxylic acids is 2. The van der Waals surface area contributed by atoms with E-state index in [9.17, 15) is 9.59 Å². The van der Waals surface area contributed by atoms with Gasteiger partial charge >= 0.3 is 28.9 Å². The van der Waals surface area contributed by atoms with Crippen LogP contribution in [0.25, 0.3) is 0 Å². The molecule has 9 heteroatoms. The molecule has 2 aromatic carbocycles. The number of halogens is 1. The first-order valence-corrected chi connectivity index (χ1v) is 11.7. The summed E-state index contributed by atoms with van der Waals surface area (Å²) in [5, 5.41) is 0. The third-order valence-electron chi connectivity index (χ3n) is 6.58. The van der Waals surface area contributed by atoms with E-state index in [4.69, 9.17) is 18.6 Å². The van der Waals surface area contributed by atoms with Crippen molar-refractivity contribution in [3.63, 3.8) is 0 Å². The number of rotatable bonds is 1. The zero-order chi connectivity index (χ0) is 23.5. The minimum absolute atomic E-state index is 0.0709. The van der Waals surface area contributed by atoms with Gasteiger partial charge in [0.05, 0.1) is 17.5 Å². The van der Waals surface area contributed by atoms with Gasteiger partial charge in [-0.3, -0.25) is 9.59 Å². The van der Waals surface area contributed by atoms with E-state index < -0.39 is 10.2 Å². The van der Waals surface area contributed by atoms with Crippen molar-refractivity contribution in [1.82, 2.24) is 0 Å². The molecule has 4 unspecified atom stereocenters. The van der Waals surface area contributed by atoms with Gasteiger partial charge in [-0.05, 0) is 24.6 Å². The van der Waals surface area contributed by atoms with Gasteiger partial charge in [0, 0.05) is 17.7 Å². The van der Waals surface area contributed by atoms with Gasteiger partial charge in [-0.25, -0.2) is 4.90 Å². The summed E-state index contributed by atoms with van der Waals surface area (Å²) in [6.45, 7) is 2.00. The summed E-state index contributed by atoms with van der Waals surface area (Å²) in [5.74, 6) is -0.923. The first-order valence-electron chi connectivity index (χ1n) is 10.4. The Morgan fingerprint density at radius 3 is 2.09 bits per heavy atom. The van der Waals surface area contributed by atoms with E-state index in [0.29, 0.717) is 5.69 Å². The summed E-state index contributed by atoms with van der Waals surface area (Å²) in [5.41, 5.74) is 5.26. The molecule has 2 amide bonds. The van der Waals surface area contributed by atoms with Crippen LogP contribution in [0.4, 0.5) is 5.69 Å². The van der Waals surface area contributed by atoms with Gasteiger partial charge in [0.2, 0.25) is 11.8 Å². The average Bonchev–Trinajstić information content (AvgIpc) is 3.04. The van der Waals surface area contributed by atoms with E-state index in [-0.39, 0.29) is 35.6 Å². The number of amides is 2. The summed E-state index contributed by atoms with van der Waals surface area (Å²) >= 11 is 0. The zero-order valence-corrected chi connectivity index (χ0v) is 18.3. The first kappa shape index (κ1) is 21.7. The number of benzene rings is 2. The minimum atomic E-state index is -4.19. The second-order valence-electron chi connectivity index (χ2n) is 8.42. The number of anilines is 1. The SMILES string of the molecule is Cc1ccc(N2C(=O)C3C4c5ccccc5C(C3C2=O)[n+]2ccccc24)cc1.[O-][Cl+](O)(O)O. The molecule has 4 aliphatic rings. The van der Waals surface area contributed by atoms with Crippen molar-refractivity contribution in [3.05, 3.63) is 95.3 Å². The molecule has 33 heavy (non-hydrogen) atoms. The van der Waals surface area contributed by atoms with Crippen LogP contribution in [0.1, 0.15) is 34.3 Å². The Morgan fingerprint density at radius 2 is 1.42 bits per heavy atom. The van der Waals surface area contributed by atoms with E-state index in [0.717, 1.165) is 11.3 Å². The van der Waals surface area contributed by atoms with Gasteiger partial charge in [0.1, 0.15) is 5.92 Å². The Morgan fingerprint density at radius 1 is 0.848 bits per heavy atom. The summed E-state index contributed by atoms with van der Waals surface area (Å²) in [4.78, 5) is 28.5. The van der Waals surface area contributed by atoms with Crippen LogP contribution in [0.5, 0.6) is 0 Å². The molecule has 1 aliphatic carbocycles. The van der Waals surface area contributed by atoms with Crippen LogP contribution in [-0.4, -0.2) is 25.8 Å². The topological polar surface area (TPSA) is 125 Å². The van der Waals surface area contributed by atoms with Crippen molar-refractivity contribution in [1.29, 1.82) is 0 Å². The molecule has 3 aliphatic heterocycles. The van der Waals surface area contributed by atoms with Crippen molar-refractivity contribution in [3.8, 4) is 0 Å². The quantitative estimate of drug-likeness (QED) is 0.347. The van der Waals surface area contributed by atoms with Gasteiger partial charge < -0.3 is 0 Å². The number of aryl methyl sites for hydroxylation is 1. The maximum atomic E-state index is 13.5. The Hall–Kier alpha value is -3.14. The molecule has 170 valence electrons. The third kappa shape index (κ3) is 3.52. The fourth-order valence-electron chi connectivity index (χ4n) is 5.45. The van der Waals surface area contributed by atoms with Gasteiger partial charge in [-0.2, -0.15) is 4.57 Å². The fourth-order valence-corrected chi connectivity index (χ4v) is 5.45. The molecule has 0 saturated carbocycles. The van der Waals surface area contributed by atoms with E-state index in [1.165, 1.54) is 16.0 Å². The second-order valence-corrected chi connectivity index (χ2v) is 9.28. The standard InChI is InChI=1S/C24H19N2O2.ClH3O4/c1-14-9-11-15(12-10-14)26-23(27)20-19-16-6-2-3-7-17(16)22(21(20)24(26)28)25-13-5-4-8-18(19)25;2-1(3,4)5/h2-13,19-22H,1H3;2-4H/q+1;. The predicted molar refractivity (Wildman–Crippen MR) is 110 cm³/mol. The number of carbonyl (C=O) groups is 2. The Balaban J connectivity index is 0.000000416. The first-order chi connectivity index (χ1) is 15.7. The van der Waals surface area contributed by atoms with Crippen molar-refractivity contribution < 1.29 is 43.0 Å². The van der Waals surface area contributed by atoms with Crippen molar-refractivity contribution in [2.45, 2.75) is 18.9 Å². The number of hydrogen-bond acceptors (Lipinski definition) is 6. The number of hydrogen-bond donors (Lipinski definition) is 3. The van der Waals surface area contributed by atoms with Crippen molar-refractivity contribution in [2.75, 3.05) is 4.90 Å². The molecule has 0 spiro atoms. The van der Waals surface area contributed by atoms with Gasteiger partial charge in [-0.15, -0.1) is 0 Å². The molecule has 3 N–H and O–H groups in total. The van der Waals surface area contributed by atoms with Crippen LogP contribution in [-0.2, 0) is 9.59 Å². The Kier molecular flexibility index (Phi) is 5.08. The summed E-state index contributed by atoms with van der Waals surface area (Å²) < 4.78 is 32.4. The monoisotopic (exact) mass is 469 g/mol. The number of pyridine rings is 1. The van der Waals surface area contributed by atoms with Crippen molar-refractivity contribution >= 4 is 17.5 Å². The van der Waals surface area contributed by atoms with E-state index in [1.54, 1.807) is 0 Å². The summed E-state index contributed by atoms with van der Waals surface area (Å²) in [6.07, 6.45) is 2.05. The van der Waals surface area contributed by atoms with Crippen molar-refractivity contribution in [2.24, 2.45) is 11.8 Å². The maximum absolute atomic E-state index is 13.5. The molecule has 1 fully saturated rings. The van der Waals surface area contributed by atoms with Gasteiger partial charge in [0.15, 0.2) is 17.9 Å². The van der Waals surface area contributed by atoms with Crippen LogP contribution in [0.2, 0.25) is 0 Å². The molecule has 4 atom stereocenters. The fraction of sp³-hybridized carbons (Fsp3) is 0.208. The van der Waals surface area contributed by atoms with E-state index >= 15 is 0 Å². The van der Waals surface area contributed by atoms with E-state index in [1.807, 2.05) is 61.7 Å². The molecule has 3 aromatic rings. The average molecular weight is 470 g/mol. The van der Waals surface area contributed by atoms with E-state index in [2.05, 4.69) is 22.8 Å². The second kappa shape index (κ2) is 7.72. The molecule has 1 aromatic heterocycles. The number of nitrogens with zero attached hydrogens (tertiary/aromatic N) is 2. The third-order valence-corrected chi connectivity index (χ3v) is 6.58. The molecular formula is C24H22ClN2O6+. The molecule has 2 bridgehead atoms. The zero-order valence-electron chi connectivity index (χ0n) is 17.6. The Labute approximate surface area is 191 Å². The van der Waals surface area contributed by atoms with Gasteiger partial charge in [0.25, 0.3) is 0 Å². The van der Waals surface area contributed by atoms with Crippen LogP contribution in [0.3, 0.4) is 0 Å². The molecule has 1 saturated heterocycles. The Bertz CT molecular complexity index is 1130. The number of imide groups is 1. The molecule has 0 radical (unpaired) electrons. The predicted octanol–water partition coefficient (Wildman–Crippen LogP) is 0.277. The molecule has 7 rings (SSSR count). The molecule has 8 nitrogen and oxygen atoms in total. The summed E-state index contributed by atoms with van der Waals surface area (Å²) in [7, 11) is -4.19. The van der Waals surface area contributed by atoms with Crippen LogP contribution >= 0.6 is 0 Å². The van der Waals surface area contributed by atoms with Crippen LogP contribution < -0.4 is 14.1 Å². The normalized spacial score (nSPS) is 25.1. The molecule has 4 heterocycles. The summed E-state index contributed by atoms with van der Waals surface area (Å²) in [6, 6.07) is 21.9.